The van der Waals surface area contributed by atoms with Crippen LogP contribution in [0.15, 0.2) is 54.1 Å². The standard InChI is InChI=1S/C20H16N2O5S/c1-22-18(24)15(17(23)21-20(22)28)10-14-4-2-3-5-16(14)27-11-12-6-8-13(9-7-12)19(25)26/h2-10H,11H2,1H3,(H,25,26)(H,21,23,28)/p-1/b15-10+. The van der Waals surface area contributed by atoms with Gasteiger partial charge in [-0.2, -0.15) is 0 Å². The maximum Gasteiger partial charge on any atom is 0.265 e. The first-order chi connectivity index (χ1) is 13.4. The van der Waals surface area contributed by atoms with Gasteiger partial charge in [-0.1, -0.05) is 42.5 Å². The van der Waals surface area contributed by atoms with Crippen LogP contribution in [0.25, 0.3) is 6.08 Å². The lowest BCUT2D eigenvalue weighted by molar-refractivity contribution is -0.255. The van der Waals surface area contributed by atoms with Crippen molar-refractivity contribution in [1.29, 1.82) is 0 Å². The molecule has 2 amide bonds. The monoisotopic (exact) mass is 395 g/mol. The molecule has 142 valence electrons. The molecule has 1 saturated heterocycles. The van der Waals surface area contributed by atoms with E-state index in [1.54, 1.807) is 36.4 Å². The van der Waals surface area contributed by atoms with Crippen LogP contribution >= 0.6 is 12.2 Å². The van der Waals surface area contributed by atoms with Crippen molar-refractivity contribution >= 4 is 41.2 Å². The highest BCUT2D eigenvalue weighted by molar-refractivity contribution is 7.80. The molecule has 1 heterocycles. The molecule has 0 spiro atoms. The number of carboxylic acid groups (broad SMARTS) is 1. The minimum absolute atomic E-state index is 0.0505. The molecule has 0 radical (unpaired) electrons. The Morgan fingerprint density at radius 3 is 2.54 bits per heavy atom. The summed E-state index contributed by atoms with van der Waals surface area (Å²) in [5, 5.41) is 13.3. The second kappa shape index (κ2) is 8.01. The summed E-state index contributed by atoms with van der Waals surface area (Å²) in [6.07, 6.45) is 1.45. The molecule has 0 saturated carbocycles. The van der Waals surface area contributed by atoms with Gasteiger partial charge in [0.1, 0.15) is 17.9 Å². The average molecular weight is 395 g/mol. The fourth-order valence-electron chi connectivity index (χ4n) is 2.53. The van der Waals surface area contributed by atoms with Gasteiger partial charge in [-0.05, 0) is 35.5 Å². The third-order valence-corrected chi connectivity index (χ3v) is 4.48. The Kier molecular flexibility index (Phi) is 5.51. The molecule has 7 nitrogen and oxygen atoms in total. The number of amides is 2. The van der Waals surface area contributed by atoms with Crippen molar-refractivity contribution in [2.75, 3.05) is 7.05 Å². The molecule has 1 N–H and O–H groups in total. The molecule has 0 bridgehead atoms. The number of carbonyl (C=O) groups is 3. The van der Waals surface area contributed by atoms with E-state index in [1.165, 1.54) is 30.2 Å². The summed E-state index contributed by atoms with van der Waals surface area (Å²) in [7, 11) is 1.48. The number of thiocarbonyl (C=S) groups is 1. The molecule has 8 heteroatoms. The number of benzene rings is 2. The molecule has 0 aliphatic carbocycles. The Hall–Kier alpha value is -3.52. The van der Waals surface area contributed by atoms with Gasteiger partial charge in [0.15, 0.2) is 5.11 Å². The molecule has 3 rings (SSSR count). The summed E-state index contributed by atoms with van der Waals surface area (Å²) in [5.74, 6) is -1.85. The molecule has 1 aliphatic heterocycles. The van der Waals surface area contributed by atoms with Gasteiger partial charge in [0.2, 0.25) is 0 Å². The molecule has 1 aliphatic rings. The van der Waals surface area contributed by atoms with Gasteiger partial charge < -0.3 is 14.6 Å². The molecular formula is C20H15N2O5S-. The topological polar surface area (TPSA) is 98.8 Å². The van der Waals surface area contributed by atoms with Gasteiger partial charge in [0.25, 0.3) is 11.8 Å². The Balaban J connectivity index is 1.81. The lowest BCUT2D eigenvalue weighted by atomic mass is 10.1. The third kappa shape index (κ3) is 4.07. The maximum absolute atomic E-state index is 12.3. The number of likely N-dealkylation sites (N-methyl/N-ethyl adjacent to an activating group) is 1. The van der Waals surface area contributed by atoms with E-state index in [2.05, 4.69) is 5.32 Å². The summed E-state index contributed by atoms with van der Waals surface area (Å²) < 4.78 is 5.79. The summed E-state index contributed by atoms with van der Waals surface area (Å²) in [6, 6.07) is 13.1. The van der Waals surface area contributed by atoms with E-state index in [0.717, 1.165) is 5.56 Å². The largest absolute Gasteiger partial charge is 0.545 e. The number of hydrogen-bond acceptors (Lipinski definition) is 6. The predicted molar refractivity (Wildman–Crippen MR) is 103 cm³/mol. The van der Waals surface area contributed by atoms with Crippen LogP contribution in [-0.4, -0.2) is 34.8 Å². The van der Waals surface area contributed by atoms with Crippen LogP contribution in [0.3, 0.4) is 0 Å². The van der Waals surface area contributed by atoms with Crippen molar-refractivity contribution in [2.45, 2.75) is 6.61 Å². The highest BCUT2D eigenvalue weighted by atomic mass is 32.1. The molecule has 2 aromatic carbocycles. The normalized spacial score (nSPS) is 15.5. The fourth-order valence-corrected chi connectivity index (χ4v) is 2.71. The van der Waals surface area contributed by atoms with E-state index in [4.69, 9.17) is 17.0 Å². The molecule has 0 aromatic heterocycles. The number of aromatic carboxylic acids is 1. The second-order valence-corrected chi connectivity index (χ2v) is 6.38. The highest BCUT2D eigenvalue weighted by Gasteiger charge is 2.30. The van der Waals surface area contributed by atoms with E-state index in [9.17, 15) is 19.5 Å². The van der Waals surface area contributed by atoms with E-state index in [1.807, 2.05) is 0 Å². The summed E-state index contributed by atoms with van der Waals surface area (Å²) in [4.78, 5) is 36.5. The molecule has 0 unspecified atom stereocenters. The fraction of sp³-hybridized carbons (Fsp3) is 0.100. The Bertz CT molecular complexity index is 998. The number of nitrogens with one attached hydrogen (secondary N) is 1. The van der Waals surface area contributed by atoms with Gasteiger partial charge in [0.05, 0.1) is 5.97 Å². The molecule has 1 fully saturated rings. The van der Waals surface area contributed by atoms with Gasteiger partial charge in [-0.25, -0.2) is 0 Å². The smallest absolute Gasteiger partial charge is 0.265 e. The van der Waals surface area contributed by atoms with E-state index in [0.29, 0.717) is 11.3 Å². The van der Waals surface area contributed by atoms with Crippen LogP contribution in [0.2, 0.25) is 0 Å². The highest BCUT2D eigenvalue weighted by Crippen LogP contribution is 2.23. The van der Waals surface area contributed by atoms with E-state index < -0.39 is 17.8 Å². The van der Waals surface area contributed by atoms with Crippen LogP contribution in [0.4, 0.5) is 0 Å². The lowest BCUT2D eigenvalue weighted by Crippen LogP contribution is -2.52. The zero-order valence-electron chi connectivity index (χ0n) is 14.8. The Labute approximate surface area is 166 Å². The van der Waals surface area contributed by atoms with Gasteiger partial charge >= 0.3 is 0 Å². The Morgan fingerprint density at radius 1 is 1.18 bits per heavy atom. The van der Waals surface area contributed by atoms with Crippen molar-refractivity contribution in [2.24, 2.45) is 0 Å². The van der Waals surface area contributed by atoms with Crippen LogP contribution in [0.1, 0.15) is 21.5 Å². The van der Waals surface area contributed by atoms with Gasteiger partial charge in [-0.15, -0.1) is 0 Å². The van der Waals surface area contributed by atoms with Gasteiger partial charge in [0, 0.05) is 12.6 Å². The second-order valence-electron chi connectivity index (χ2n) is 5.99. The first-order valence-electron chi connectivity index (χ1n) is 8.24. The van der Waals surface area contributed by atoms with Crippen molar-refractivity contribution in [3.63, 3.8) is 0 Å². The number of rotatable bonds is 5. The molecule has 2 aromatic rings. The summed E-state index contributed by atoms with van der Waals surface area (Å²) >= 11 is 4.93. The number of carbonyl (C=O) groups excluding carboxylic acids is 3. The number of ether oxygens (including phenoxy) is 1. The minimum atomic E-state index is -1.25. The van der Waals surface area contributed by atoms with Crippen molar-refractivity contribution in [3.05, 3.63) is 70.8 Å². The molecular weight excluding hydrogens is 380 g/mol. The molecule has 28 heavy (non-hydrogen) atoms. The summed E-state index contributed by atoms with van der Waals surface area (Å²) in [5.41, 5.74) is 1.33. The van der Waals surface area contributed by atoms with Crippen molar-refractivity contribution in [1.82, 2.24) is 10.2 Å². The number of hydrogen-bond donors (Lipinski definition) is 1. The van der Waals surface area contributed by atoms with Crippen molar-refractivity contribution in [3.8, 4) is 5.75 Å². The lowest BCUT2D eigenvalue weighted by Gasteiger charge is -2.25. The maximum atomic E-state index is 12.3. The van der Waals surface area contributed by atoms with E-state index in [-0.39, 0.29) is 22.9 Å². The SMILES string of the molecule is CN1C(=O)/C(=C/c2ccccc2OCc2ccc(C(=O)[O-])cc2)C(=O)NC1=S. The first-order valence-corrected chi connectivity index (χ1v) is 8.65. The predicted octanol–water partition coefficient (Wildman–Crippen LogP) is 0.886. The molecule has 0 atom stereocenters. The number of para-hydroxylation sites is 1. The van der Waals surface area contributed by atoms with Crippen LogP contribution in [0, 0.1) is 0 Å². The average Bonchev–Trinajstić information content (AvgIpc) is 2.69. The minimum Gasteiger partial charge on any atom is -0.545 e. The van der Waals surface area contributed by atoms with Crippen LogP contribution < -0.4 is 15.2 Å². The van der Waals surface area contributed by atoms with Crippen LogP contribution in [0.5, 0.6) is 5.75 Å². The first kappa shape index (κ1) is 19.2. The quantitative estimate of drug-likeness (QED) is 0.459. The Morgan fingerprint density at radius 2 is 1.86 bits per heavy atom. The van der Waals surface area contributed by atoms with Crippen molar-refractivity contribution < 1.29 is 24.2 Å². The third-order valence-electron chi connectivity index (χ3n) is 4.11. The number of nitrogens with zero attached hydrogens (tertiary/aromatic N) is 1. The van der Waals surface area contributed by atoms with E-state index >= 15 is 0 Å². The zero-order valence-corrected chi connectivity index (χ0v) is 15.6. The summed E-state index contributed by atoms with van der Waals surface area (Å²) in [6.45, 7) is 0.178. The van der Waals surface area contributed by atoms with Crippen LogP contribution in [-0.2, 0) is 16.2 Å². The zero-order chi connectivity index (χ0) is 20.3. The number of carboxylic acids is 1. The van der Waals surface area contributed by atoms with Gasteiger partial charge in [-0.3, -0.25) is 19.8 Å².